The van der Waals surface area contributed by atoms with E-state index in [4.69, 9.17) is 14.2 Å². The second kappa shape index (κ2) is 25.1. The summed E-state index contributed by atoms with van der Waals surface area (Å²) in [6.07, 6.45) is 11.5. The minimum Gasteiger partial charge on any atom is -0.462 e. The average Bonchev–Trinajstić information content (AvgIpc) is 3.25. The van der Waals surface area contributed by atoms with Gasteiger partial charge in [-0.25, -0.2) is 14.4 Å². The van der Waals surface area contributed by atoms with Crippen LogP contribution in [0.2, 0.25) is 0 Å². The molecule has 0 radical (unpaired) electrons. The molecular weight excluding hydrogens is 745 g/mol. The van der Waals surface area contributed by atoms with Crippen molar-refractivity contribution in [1.82, 2.24) is 15.0 Å². The van der Waals surface area contributed by atoms with Gasteiger partial charge in [0.15, 0.2) is 0 Å². The molecule has 3 N–H and O–H groups in total. The summed E-state index contributed by atoms with van der Waals surface area (Å²) in [7, 11) is 0. The largest absolute Gasteiger partial charge is 0.462 e. The summed E-state index contributed by atoms with van der Waals surface area (Å²) in [6, 6.07) is 20.8. The first-order chi connectivity index (χ1) is 28.7. The first kappa shape index (κ1) is 46.2. The molecule has 3 aromatic carbocycles. The molecule has 0 spiro atoms. The Morgan fingerprint density at radius 3 is 0.983 bits per heavy atom. The van der Waals surface area contributed by atoms with Crippen molar-refractivity contribution in [2.45, 2.75) is 112 Å². The number of unbranched alkanes of at least 4 members (excludes halogenated alkanes) is 2. The van der Waals surface area contributed by atoms with E-state index in [1.807, 2.05) is 0 Å². The number of ether oxygens (including phenoxy) is 3. The summed E-state index contributed by atoms with van der Waals surface area (Å²) >= 11 is 0. The summed E-state index contributed by atoms with van der Waals surface area (Å²) in [4.78, 5) is 52.2. The molecular formula is C47H64N6O6. The highest BCUT2D eigenvalue weighted by molar-refractivity contribution is 5.91. The number of rotatable bonds is 26. The monoisotopic (exact) mass is 808 g/mol. The molecule has 4 rings (SSSR count). The fourth-order valence-corrected chi connectivity index (χ4v) is 6.44. The molecule has 0 saturated heterocycles. The van der Waals surface area contributed by atoms with Crippen LogP contribution >= 0.6 is 0 Å². The zero-order chi connectivity index (χ0) is 42.4. The Hall–Kier alpha value is -5.52. The van der Waals surface area contributed by atoms with Gasteiger partial charge in [-0.05, 0) is 110 Å². The van der Waals surface area contributed by atoms with Crippen molar-refractivity contribution in [3.8, 4) is 0 Å². The van der Waals surface area contributed by atoms with E-state index in [0.717, 1.165) is 70.6 Å². The van der Waals surface area contributed by atoms with Crippen LogP contribution in [0.15, 0.2) is 72.8 Å². The van der Waals surface area contributed by atoms with Gasteiger partial charge in [-0.15, -0.1) is 0 Å². The molecule has 0 saturated carbocycles. The third-order valence-electron chi connectivity index (χ3n) is 10.5. The molecule has 318 valence electrons. The van der Waals surface area contributed by atoms with E-state index in [-0.39, 0.29) is 35.8 Å². The van der Waals surface area contributed by atoms with Crippen molar-refractivity contribution in [1.29, 1.82) is 0 Å². The highest BCUT2D eigenvalue weighted by Crippen LogP contribution is 2.24. The summed E-state index contributed by atoms with van der Waals surface area (Å²) in [6.45, 7) is 14.0. The molecule has 1 heterocycles. The van der Waals surface area contributed by atoms with Gasteiger partial charge in [-0.3, -0.25) is 0 Å². The topological polar surface area (TPSA) is 154 Å². The van der Waals surface area contributed by atoms with Crippen LogP contribution in [0.5, 0.6) is 0 Å². The Labute approximate surface area is 350 Å². The average molecular weight is 809 g/mol. The SMILES string of the molecule is CCCCC(CC)COC(=O)c1ccc(Nc2nc(Nc3ccc(C(=O)OCC(CC)CCC)cc3)nc(Nc3ccc(C(=O)OCC(CC)CCCC)cc3)n2)cc1. The summed E-state index contributed by atoms with van der Waals surface area (Å²) in [5.74, 6) is 0.661. The van der Waals surface area contributed by atoms with Gasteiger partial charge in [0.25, 0.3) is 0 Å². The Morgan fingerprint density at radius 1 is 0.441 bits per heavy atom. The predicted octanol–water partition coefficient (Wildman–Crippen LogP) is 11.8. The summed E-state index contributed by atoms with van der Waals surface area (Å²) < 4.78 is 16.9. The number of esters is 3. The van der Waals surface area contributed by atoms with Crippen LogP contribution in [-0.2, 0) is 14.2 Å². The molecule has 4 aromatic rings. The number of nitrogens with zero attached hydrogens (tertiary/aromatic N) is 3. The number of aromatic nitrogens is 3. The van der Waals surface area contributed by atoms with Crippen LogP contribution < -0.4 is 16.0 Å². The number of anilines is 6. The van der Waals surface area contributed by atoms with E-state index in [0.29, 0.717) is 71.3 Å². The second-order valence-electron chi connectivity index (χ2n) is 15.1. The molecule has 12 nitrogen and oxygen atoms in total. The predicted molar refractivity (Wildman–Crippen MR) is 235 cm³/mol. The standard InChI is InChI=1S/C47H64N6O6/c1-7-13-16-34(11-5)31-58-43(55)37-20-26-40(27-21-37)49-46-51-45(48-39-24-18-36(19-25-39)42(54)57-30-33(10-4)15-9-3)52-47(53-46)50-41-28-22-38(23-29-41)44(56)59-32-35(12-6)17-14-8-2/h18-29,33-35H,7-17,30-32H2,1-6H3,(H3,48,49,50,51,52,53). The molecule has 0 aliphatic heterocycles. The van der Waals surface area contributed by atoms with Gasteiger partial charge in [-0.1, -0.05) is 92.9 Å². The molecule has 59 heavy (non-hydrogen) atoms. The van der Waals surface area contributed by atoms with Crippen LogP contribution in [0.25, 0.3) is 0 Å². The Kier molecular flexibility index (Phi) is 19.6. The Morgan fingerprint density at radius 2 is 0.729 bits per heavy atom. The molecule has 3 unspecified atom stereocenters. The van der Waals surface area contributed by atoms with E-state index in [1.54, 1.807) is 72.8 Å². The molecule has 12 heteroatoms. The van der Waals surface area contributed by atoms with E-state index in [2.05, 4.69) is 72.4 Å². The van der Waals surface area contributed by atoms with Crippen LogP contribution in [0.4, 0.5) is 34.9 Å². The van der Waals surface area contributed by atoms with Crippen molar-refractivity contribution < 1.29 is 28.6 Å². The van der Waals surface area contributed by atoms with Crippen LogP contribution in [0.3, 0.4) is 0 Å². The van der Waals surface area contributed by atoms with Crippen molar-refractivity contribution in [3.63, 3.8) is 0 Å². The maximum Gasteiger partial charge on any atom is 0.338 e. The molecule has 0 bridgehead atoms. The van der Waals surface area contributed by atoms with E-state index in [9.17, 15) is 14.4 Å². The van der Waals surface area contributed by atoms with Gasteiger partial charge >= 0.3 is 17.9 Å². The highest BCUT2D eigenvalue weighted by Gasteiger charge is 2.16. The van der Waals surface area contributed by atoms with Crippen molar-refractivity contribution in [3.05, 3.63) is 89.5 Å². The van der Waals surface area contributed by atoms with Crippen LogP contribution in [0.1, 0.15) is 143 Å². The molecule has 1 aromatic heterocycles. The molecule has 0 aliphatic carbocycles. The Balaban J connectivity index is 1.49. The van der Waals surface area contributed by atoms with Gasteiger partial charge in [0, 0.05) is 17.1 Å². The first-order valence-corrected chi connectivity index (χ1v) is 21.6. The number of nitrogens with one attached hydrogen (secondary N) is 3. The number of hydrogen-bond acceptors (Lipinski definition) is 12. The second-order valence-corrected chi connectivity index (χ2v) is 15.1. The van der Waals surface area contributed by atoms with E-state index >= 15 is 0 Å². The zero-order valence-corrected chi connectivity index (χ0v) is 35.9. The Bertz CT molecular complexity index is 1770. The van der Waals surface area contributed by atoms with E-state index < -0.39 is 0 Å². The summed E-state index contributed by atoms with van der Waals surface area (Å²) in [5, 5.41) is 9.64. The number of benzene rings is 3. The van der Waals surface area contributed by atoms with Crippen LogP contribution in [-0.4, -0.2) is 52.7 Å². The van der Waals surface area contributed by atoms with Crippen molar-refractivity contribution in [2.75, 3.05) is 35.8 Å². The highest BCUT2D eigenvalue weighted by atomic mass is 16.5. The lowest BCUT2D eigenvalue weighted by Gasteiger charge is -2.15. The van der Waals surface area contributed by atoms with Gasteiger partial charge < -0.3 is 30.2 Å². The maximum absolute atomic E-state index is 12.8. The minimum absolute atomic E-state index is 0.230. The normalized spacial score (nSPS) is 12.5. The molecule has 0 fully saturated rings. The van der Waals surface area contributed by atoms with Crippen molar-refractivity contribution >= 4 is 52.8 Å². The third kappa shape index (κ3) is 15.6. The fraction of sp³-hybridized carbons (Fsp3) is 0.489. The lowest BCUT2D eigenvalue weighted by molar-refractivity contribution is 0.0419. The minimum atomic E-state index is -0.364. The smallest absolute Gasteiger partial charge is 0.338 e. The zero-order valence-electron chi connectivity index (χ0n) is 35.9. The lowest BCUT2D eigenvalue weighted by Crippen LogP contribution is -2.14. The maximum atomic E-state index is 12.8. The van der Waals surface area contributed by atoms with Gasteiger partial charge in [0.1, 0.15) is 0 Å². The molecule has 3 atom stereocenters. The quantitative estimate of drug-likeness (QED) is 0.0408. The van der Waals surface area contributed by atoms with Crippen molar-refractivity contribution in [2.24, 2.45) is 17.8 Å². The molecule has 0 aliphatic rings. The number of hydrogen-bond donors (Lipinski definition) is 3. The lowest BCUT2D eigenvalue weighted by atomic mass is 10.0. The van der Waals surface area contributed by atoms with Gasteiger partial charge in [-0.2, -0.15) is 15.0 Å². The fourth-order valence-electron chi connectivity index (χ4n) is 6.44. The number of carbonyl (C=O) groups is 3. The van der Waals surface area contributed by atoms with Crippen LogP contribution in [0, 0.1) is 17.8 Å². The van der Waals surface area contributed by atoms with Gasteiger partial charge in [0.2, 0.25) is 17.8 Å². The molecule has 0 amide bonds. The third-order valence-corrected chi connectivity index (χ3v) is 10.5. The number of carbonyl (C=O) groups excluding carboxylic acids is 3. The van der Waals surface area contributed by atoms with Gasteiger partial charge in [0.05, 0.1) is 36.5 Å². The first-order valence-electron chi connectivity index (χ1n) is 21.6. The van der Waals surface area contributed by atoms with E-state index in [1.165, 1.54) is 0 Å². The summed E-state index contributed by atoms with van der Waals surface area (Å²) in [5.41, 5.74) is 3.29.